The molecule has 0 spiro atoms. The molecule has 0 saturated carbocycles. The summed E-state index contributed by atoms with van der Waals surface area (Å²) in [6, 6.07) is 1.44. The van der Waals surface area contributed by atoms with Gasteiger partial charge in [-0.05, 0) is 19.9 Å². The molecular weight excluding hydrogens is 226 g/mol. The number of nitro groups is 1. The second kappa shape index (κ2) is 4.79. The molecule has 1 rings (SSSR count). The molecule has 0 heterocycles. The van der Waals surface area contributed by atoms with Crippen LogP contribution in [0.3, 0.4) is 0 Å². The Morgan fingerprint density at radius 3 is 2.53 bits per heavy atom. The molecule has 1 aromatic rings. The molecule has 0 atom stereocenters. The van der Waals surface area contributed by atoms with Gasteiger partial charge in [0, 0.05) is 11.1 Å². The van der Waals surface area contributed by atoms with Crippen LogP contribution in [0.25, 0.3) is 0 Å². The van der Waals surface area contributed by atoms with Crippen molar-refractivity contribution in [3.05, 3.63) is 32.9 Å². The maximum Gasteiger partial charge on any atom is 0.276 e. The fraction of sp³-hybridized carbons (Fsp3) is 0.300. The zero-order valence-corrected chi connectivity index (χ0v) is 9.73. The number of carbonyl (C=O) groups is 1. The van der Waals surface area contributed by atoms with Crippen LogP contribution >= 0.6 is 0 Å². The predicted octanol–water partition coefficient (Wildman–Crippen LogP) is 0.824. The molecular formula is C10H13N3O4. The monoisotopic (exact) mass is 239 g/mol. The van der Waals surface area contributed by atoms with Gasteiger partial charge in [-0.1, -0.05) is 0 Å². The van der Waals surface area contributed by atoms with Crippen molar-refractivity contribution in [2.24, 2.45) is 5.84 Å². The SMILES string of the molecule is COc1cc(C)c([N+](=O)[O-])c(C)c1C(=O)NN. The lowest BCUT2D eigenvalue weighted by Crippen LogP contribution is -2.31. The maximum atomic E-state index is 11.6. The number of benzene rings is 1. The van der Waals surface area contributed by atoms with Crippen LogP contribution in [0.2, 0.25) is 0 Å². The molecule has 0 aliphatic carbocycles. The molecule has 7 heteroatoms. The minimum Gasteiger partial charge on any atom is -0.496 e. The number of methoxy groups -OCH3 is 1. The largest absolute Gasteiger partial charge is 0.496 e. The highest BCUT2D eigenvalue weighted by molar-refractivity contribution is 5.99. The summed E-state index contributed by atoms with van der Waals surface area (Å²) < 4.78 is 5.03. The fourth-order valence-corrected chi connectivity index (χ4v) is 1.73. The minimum atomic E-state index is -0.623. The van der Waals surface area contributed by atoms with Crippen LogP contribution in [0.15, 0.2) is 6.07 Å². The number of nitrogens with zero attached hydrogens (tertiary/aromatic N) is 1. The van der Waals surface area contributed by atoms with E-state index in [1.54, 1.807) is 6.92 Å². The number of amides is 1. The van der Waals surface area contributed by atoms with Gasteiger partial charge in [0.1, 0.15) is 5.75 Å². The lowest BCUT2D eigenvalue weighted by Gasteiger charge is -2.12. The molecule has 1 aromatic carbocycles. The molecule has 0 radical (unpaired) electrons. The van der Waals surface area contributed by atoms with Crippen LogP contribution in [-0.2, 0) is 0 Å². The van der Waals surface area contributed by atoms with E-state index in [0.29, 0.717) is 5.56 Å². The molecule has 0 aromatic heterocycles. The number of nitrogen functional groups attached to an aromatic ring is 1. The van der Waals surface area contributed by atoms with Crippen LogP contribution in [0.5, 0.6) is 5.75 Å². The summed E-state index contributed by atoms with van der Waals surface area (Å²) in [6.07, 6.45) is 0. The van der Waals surface area contributed by atoms with Crippen LogP contribution in [-0.4, -0.2) is 17.9 Å². The number of nitro benzene ring substituents is 1. The van der Waals surface area contributed by atoms with E-state index in [9.17, 15) is 14.9 Å². The Labute approximate surface area is 97.7 Å². The molecule has 0 aliphatic rings. The number of ether oxygens (including phenoxy) is 1. The van der Waals surface area contributed by atoms with E-state index in [0.717, 1.165) is 0 Å². The molecule has 1 amide bonds. The second-order valence-electron chi connectivity index (χ2n) is 3.47. The van der Waals surface area contributed by atoms with Crippen molar-refractivity contribution in [1.82, 2.24) is 5.43 Å². The highest BCUT2D eigenvalue weighted by Gasteiger charge is 2.25. The van der Waals surface area contributed by atoms with E-state index in [-0.39, 0.29) is 22.6 Å². The summed E-state index contributed by atoms with van der Waals surface area (Å²) in [4.78, 5) is 21.9. The summed E-state index contributed by atoms with van der Waals surface area (Å²) in [5.74, 6) is 4.67. The Morgan fingerprint density at radius 2 is 2.12 bits per heavy atom. The smallest absolute Gasteiger partial charge is 0.276 e. The maximum absolute atomic E-state index is 11.6. The van der Waals surface area contributed by atoms with Crippen LogP contribution < -0.4 is 16.0 Å². The Morgan fingerprint density at radius 1 is 1.53 bits per heavy atom. The fourth-order valence-electron chi connectivity index (χ4n) is 1.73. The van der Waals surface area contributed by atoms with E-state index in [4.69, 9.17) is 10.6 Å². The number of nitrogens with two attached hydrogens (primary N) is 1. The van der Waals surface area contributed by atoms with Gasteiger partial charge >= 0.3 is 0 Å². The van der Waals surface area contributed by atoms with Gasteiger partial charge in [0.15, 0.2) is 0 Å². The van der Waals surface area contributed by atoms with Crippen molar-refractivity contribution in [2.45, 2.75) is 13.8 Å². The third-order valence-corrected chi connectivity index (χ3v) is 2.46. The number of hydrogen-bond donors (Lipinski definition) is 2. The first-order valence-corrected chi connectivity index (χ1v) is 4.77. The summed E-state index contributed by atoms with van der Waals surface area (Å²) in [5, 5.41) is 10.9. The topological polar surface area (TPSA) is 107 Å². The molecule has 0 fully saturated rings. The van der Waals surface area contributed by atoms with E-state index in [2.05, 4.69) is 0 Å². The number of hydrogen-bond acceptors (Lipinski definition) is 5. The van der Waals surface area contributed by atoms with Gasteiger partial charge < -0.3 is 4.74 Å². The van der Waals surface area contributed by atoms with Gasteiger partial charge in [-0.3, -0.25) is 20.3 Å². The zero-order valence-electron chi connectivity index (χ0n) is 9.73. The third-order valence-electron chi connectivity index (χ3n) is 2.46. The number of carbonyl (C=O) groups excluding carboxylic acids is 1. The lowest BCUT2D eigenvalue weighted by atomic mass is 10.0. The number of rotatable bonds is 3. The number of nitrogens with one attached hydrogen (secondary N) is 1. The number of hydrazine groups is 1. The van der Waals surface area contributed by atoms with Crippen molar-refractivity contribution >= 4 is 11.6 Å². The van der Waals surface area contributed by atoms with Gasteiger partial charge in [-0.15, -0.1) is 0 Å². The molecule has 7 nitrogen and oxygen atoms in total. The third kappa shape index (κ3) is 2.18. The summed E-state index contributed by atoms with van der Waals surface area (Å²) in [5.41, 5.74) is 2.57. The molecule has 0 unspecified atom stereocenters. The van der Waals surface area contributed by atoms with Crippen molar-refractivity contribution in [2.75, 3.05) is 7.11 Å². The van der Waals surface area contributed by atoms with E-state index < -0.39 is 10.8 Å². The molecule has 0 saturated heterocycles. The summed E-state index contributed by atoms with van der Waals surface area (Å²) in [7, 11) is 1.38. The average molecular weight is 239 g/mol. The summed E-state index contributed by atoms with van der Waals surface area (Å²) >= 11 is 0. The Balaban J connectivity index is 3.61. The zero-order chi connectivity index (χ0) is 13.2. The molecule has 3 N–H and O–H groups in total. The highest BCUT2D eigenvalue weighted by atomic mass is 16.6. The van der Waals surface area contributed by atoms with Gasteiger partial charge in [0.05, 0.1) is 17.6 Å². The van der Waals surface area contributed by atoms with Gasteiger partial charge in [-0.2, -0.15) is 0 Å². The van der Waals surface area contributed by atoms with Crippen molar-refractivity contribution in [3.8, 4) is 5.75 Å². The second-order valence-corrected chi connectivity index (χ2v) is 3.47. The van der Waals surface area contributed by atoms with Crippen molar-refractivity contribution < 1.29 is 14.5 Å². The predicted molar refractivity (Wildman–Crippen MR) is 60.8 cm³/mol. The first-order chi connectivity index (χ1) is 7.93. The van der Waals surface area contributed by atoms with Crippen molar-refractivity contribution in [1.29, 1.82) is 0 Å². The van der Waals surface area contributed by atoms with E-state index in [1.165, 1.54) is 20.1 Å². The average Bonchev–Trinajstić information content (AvgIpc) is 2.26. The highest BCUT2D eigenvalue weighted by Crippen LogP contribution is 2.33. The van der Waals surface area contributed by atoms with Crippen molar-refractivity contribution in [3.63, 3.8) is 0 Å². The Bertz CT molecular complexity index is 485. The Kier molecular flexibility index (Phi) is 3.64. The quantitative estimate of drug-likeness (QED) is 0.351. The number of aryl methyl sites for hydroxylation is 1. The normalized spacial score (nSPS) is 9.88. The van der Waals surface area contributed by atoms with Gasteiger partial charge in [0.2, 0.25) is 0 Å². The van der Waals surface area contributed by atoms with Crippen LogP contribution in [0.1, 0.15) is 21.5 Å². The summed E-state index contributed by atoms with van der Waals surface area (Å²) in [6.45, 7) is 3.07. The first-order valence-electron chi connectivity index (χ1n) is 4.77. The van der Waals surface area contributed by atoms with Gasteiger partial charge in [-0.25, -0.2) is 5.84 Å². The molecule has 17 heavy (non-hydrogen) atoms. The first kappa shape index (κ1) is 12.9. The minimum absolute atomic E-state index is 0.0762. The molecule has 0 aliphatic heterocycles. The van der Waals surface area contributed by atoms with Gasteiger partial charge in [0.25, 0.3) is 11.6 Å². The Hall–Kier alpha value is -2.15. The van der Waals surface area contributed by atoms with Crippen LogP contribution in [0.4, 0.5) is 5.69 Å². The lowest BCUT2D eigenvalue weighted by molar-refractivity contribution is -0.386. The molecule has 0 bridgehead atoms. The van der Waals surface area contributed by atoms with E-state index >= 15 is 0 Å². The van der Waals surface area contributed by atoms with E-state index in [1.807, 2.05) is 5.43 Å². The standard InChI is InChI=1S/C10H13N3O4/c1-5-4-7(17-3)8(10(14)12-11)6(2)9(5)13(15)16/h4H,11H2,1-3H3,(H,12,14). The van der Waals surface area contributed by atoms with Crippen LogP contribution in [0, 0.1) is 24.0 Å². The molecule has 92 valence electrons.